The van der Waals surface area contributed by atoms with E-state index in [2.05, 4.69) is 15.0 Å². The number of imidazole rings is 1. The van der Waals surface area contributed by atoms with Crippen LogP contribution in [-0.2, 0) is 6.18 Å². The molecule has 2 aromatic heterocycles. The van der Waals surface area contributed by atoms with E-state index >= 15 is 0 Å². The van der Waals surface area contributed by atoms with Gasteiger partial charge in [-0.25, -0.2) is 4.98 Å². The maximum atomic E-state index is 13.3. The number of pyridine rings is 1. The Morgan fingerprint density at radius 2 is 1.79 bits per heavy atom. The van der Waals surface area contributed by atoms with Gasteiger partial charge in [-0.05, 0) is 30.3 Å². The van der Waals surface area contributed by atoms with E-state index in [1.54, 1.807) is 24.3 Å². The van der Waals surface area contributed by atoms with Crippen LogP contribution < -0.4 is 5.49 Å². The number of hydrogen-bond donors (Lipinski definition) is 2. The van der Waals surface area contributed by atoms with Crippen LogP contribution in [0.3, 0.4) is 0 Å². The standard InChI is InChI=1S/C20H13F3N4O2/c21-20(22,23)14-8-2-1-6-12(14)18-24-15-9-5-7-13(17(15)26-18)19(28)25-16-10-3-4-11-27(16)29/h1-11,29H,(H,24,26). The summed E-state index contributed by atoms with van der Waals surface area (Å²) in [5, 5.41) is 9.72. The highest BCUT2D eigenvalue weighted by Gasteiger charge is 2.34. The Balaban J connectivity index is 1.85. The van der Waals surface area contributed by atoms with Crippen LogP contribution in [0.2, 0.25) is 0 Å². The SMILES string of the molecule is O=C(N=c1ccccn1O)c1cccc2[nH]c(-c3ccccc3C(F)(F)F)nc12. The maximum Gasteiger partial charge on any atom is 0.417 e. The van der Waals surface area contributed by atoms with Gasteiger partial charge >= 0.3 is 6.18 Å². The van der Waals surface area contributed by atoms with Gasteiger partial charge in [-0.3, -0.25) is 4.79 Å². The van der Waals surface area contributed by atoms with E-state index in [-0.39, 0.29) is 28.0 Å². The number of halogens is 3. The van der Waals surface area contributed by atoms with Gasteiger partial charge in [-0.2, -0.15) is 22.9 Å². The van der Waals surface area contributed by atoms with Gasteiger partial charge in [-0.1, -0.05) is 30.3 Å². The zero-order chi connectivity index (χ0) is 20.6. The van der Waals surface area contributed by atoms with Crippen molar-refractivity contribution in [3.8, 4) is 11.4 Å². The number of nitrogens with zero attached hydrogens (tertiary/aromatic N) is 3. The average Bonchev–Trinajstić information content (AvgIpc) is 3.13. The van der Waals surface area contributed by atoms with E-state index in [0.29, 0.717) is 10.2 Å². The van der Waals surface area contributed by atoms with Gasteiger partial charge < -0.3 is 10.2 Å². The summed E-state index contributed by atoms with van der Waals surface area (Å²) >= 11 is 0. The second-order valence-electron chi connectivity index (χ2n) is 6.15. The number of benzene rings is 2. The molecule has 1 amide bonds. The molecule has 0 atom stereocenters. The fourth-order valence-electron chi connectivity index (χ4n) is 2.95. The molecule has 0 saturated heterocycles. The number of hydrogen-bond acceptors (Lipinski definition) is 3. The summed E-state index contributed by atoms with van der Waals surface area (Å²) in [6.07, 6.45) is -3.24. The zero-order valence-corrected chi connectivity index (χ0v) is 14.7. The molecular formula is C20H13F3N4O2. The van der Waals surface area contributed by atoms with Crippen LogP contribution in [0.15, 0.2) is 71.9 Å². The Morgan fingerprint density at radius 1 is 1.03 bits per heavy atom. The number of carbonyl (C=O) groups is 1. The fourth-order valence-corrected chi connectivity index (χ4v) is 2.95. The van der Waals surface area contributed by atoms with E-state index in [9.17, 15) is 23.2 Å². The first-order valence-corrected chi connectivity index (χ1v) is 8.46. The van der Waals surface area contributed by atoms with Crippen molar-refractivity contribution < 1.29 is 23.2 Å². The topological polar surface area (TPSA) is 83.3 Å². The summed E-state index contributed by atoms with van der Waals surface area (Å²) in [6, 6.07) is 14.3. The molecule has 4 rings (SSSR count). The van der Waals surface area contributed by atoms with Crippen LogP contribution >= 0.6 is 0 Å². The van der Waals surface area contributed by atoms with E-state index in [4.69, 9.17) is 0 Å². The normalized spacial score (nSPS) is 12.4. The number of alkyl halides is 3. The largest absolute Gasteiger partial charge is 0.427 e. The van der Waals surface area contributed by atoms with Gasteiger partial charge in [-0.15, -0.1) is 0 Å². The number of amides is 1. The second kappa shape index (κ2) is 6.93. The molecule has 0 saturated carbocycles. The monoisotopic (exact) mass is 398 g/mol. The van der Waals surface area contributed by atoms with E-state index < -0.39 is 17.6 Å². The Labute approximate surface area is 161 Å². The van der Waals surface area contributed by atoms with Crippen molar-refractivity contribution in [3.05, 3.63) is 83.5 Å². The number of H-pyrrole nitrogens is 1. The minimum Gasteiger partial charge on any atom is -0.427 e. The number of carbonyl (C=O) groups excluding carboxylic acids is 1. The summed E-state index contributed by atoms with van der Waals surface area (Å²) in [5.41, 5.74) is -0.271. The summed E-state index contributed by atoms with van der Waals surface area (Å²) < 4.78 is 40.7. The lowest BCUT2D eigenvalue weighted by atomic mass is 10.1. The Hall–Kier alpha value is -3.88. The number of nitrogens with one attached hydrogen (secondary N) is 1. The number of rotatable bonds is 2. The first-order valence-electron chi connectivity index (χ1n) is 8.46. The average molecular weight is 398 g/mol. The smallest absolute Gasteiger partial charge is 0.417 e. The van der Waals surface area contributed by atoms with Gasteiger partial charge in [0.1, 0.15) is 11.3 Å². The number of aromatic amines is 1. The Bertz CT molecular complexity index is 1290. The summed E-state index contributed by atoms with van der Waals surface area (Å²) in [5.74, 6) is -0.697. The lowest BCUT2D eigenvalue weighted by molar-refractivity contribution is -0.137. The fraction of sp³-hybridized carbons (Fsp3) is 0.0500. The van der Waals surface area contributed by atoms with Crippen LogP contribution in [0.5, 0.6) is 0 Å². The lowest BCUT2D eigenvalue weighted by Gasteiger charge is -2.10. The molecule has 0 bridgehead atoms. The van der Waals surface area contributed by atoms with Crippen LogP contribution in [0, 0.1) is 0 Å². The summed E-state index contributed by atoms with van der Waals surface area (Å²) in [6.45, 7) is 0. The van der Waals surface area contributed by atoms with Crippen LogP contribution in [0.1, 0.15) is 15.9 Å². The molecule has 2 heterocycles. The predicted molar refractivity (Wildman–Crippen MR) is 98.0 cm³/mol. The molecule has 0 radical (unpaired) electrons. The highest BCUT2D eigenvalue weighted by molar-refractivity contribution is 6.05. The lowest BCUT2D eigenvalue weighted by Crippen LogP contribution is -2.19. The predicted octanol–water partition coefficient (Wildman–Crippen LogP) is 4.03. The van der Waals surface area contributed by atoms with E-state index in [0.717, 1.165) is 6.07 Å². The van der Waals surface area contributed by atoms with Gasteiger partial charge in [0, 0.05) is 11.8 Å². The third-order valence-corrected chi connectivity index (χ3v) is 4.27. The first-order chi connectivity index (χ1) is 13.8. The number of para-hydroxylation sites is 1. The van der Waals surface area contributed by atoms with Crippen molar-refractivity contribution in [1.82, 2.24) is 14.7 Å². The minimum absolute atomic E-state index is 0.00711. The highest BCUT2D eigenvalue weighted by atomic mass is 19.4. The first kappa shape index (κ1) is 18.5. The van der Waals surface area contributed by atoms with Crippen molar-refractivity contribution in [1.29, 1.82) is 0 Å². The van der Waals surface area contributed by atoms with E-state index in [1.165, 1.54) is 36.5 Å². The van der Waals surface area contributed by atoms with Crippen LogP contribution in [-0.4, -0.2) is 25.8 Å². The van der Waals surface area contributed by atoms with Crippen molar-refractivity contribution in [2.75, 3.05) is 0 Å². The minimum atomic E-state index is -4.55. The maximum absolute atomic E-state index is 13.3. The Morgan fingerprint density at radius 3 is 2.55 bits per heavy atom. The zero-order valence-electron chi connectivity index (χ0n) is 14.7. The molecule has 0 aliphatic carbocycles. The quantitative estimate of drug-likeness (QED) is 0.500. The molecule has 0 aliphatic heterocycles. The van der Waals surface area contributed by atoms with Gasteiger partial charge in [0.15, 0.2) is 5.49 Å². The molecular weight excluding hydrogens is 385 g/mol. The molecule has 0 spiro atoms. The highest BCUT2D eigenvalue weighted by Crippen LogP contribution is 2.36. The van der Waals surface area contributed by atoms with Gasteiger partial charge in [0.2, 0.25) is 0 Å². The third-order valence-electron chi connectivity index (χ3n) is 4.27. The summed E-state index contributed by atoms with van der Waals surface area (Å²) in [4.78, 5) is 23.6. The van der Waals surface area contributed by atoms with Crippen molar-refractivity contribution >= 4 is 16.9 Å². The molecule has 2 aromatic carbocycles. The molecule has 4 aromatic rings. The third kappa shape index (κ3) is 3.49. The van der Waals surface area contributed by atoms with Crippen molar-refractivity contribution in [3.63, 3.8) is 0 Å². The van der Waals surface area contributed by atoms with Crippen LogP contribution in [0.25, 0.3) is 22.4 Å². The molecule has 2 N–H and O–H groups in total. The summed E-state index contributed by atoms with van der Waals surface area (Å²) in [7, 11) is 0. The molecule has 29 heavy (non-hydrogen) atoms. The molecule has 0 unspecified atom stereocenters. The molecule has 6 nitrogen and oxygen atoms in total. The second-order valence-corrected chi connectivity index (χ2v) is 6.15. The van der Waals surface area contributed by atoms with Gasteiger partial charge in [0.25, 0.3) is 5.91 Å². The molecule has 0 aliphatic rings. The van der Waals surface area contributed by atoms with Crippen molar-refractivity contribution in [2.45, 2.75) is 6.18 Å². The molecule has 9 heteroatoms. The van der Waals surface area contributed by atoms with Crippen LogP contribution in [0.4, 0.5) is 13.2 Å². The number of fused-ring (bicyclic) bond motifs is 1. The van der Waals surface area contributed by atoms with Gasteiger partial charge in [0.05, 0.1) is 16.6 Å². The van der Waals surface area contributed by atoms with Crippen molar-refractivity contribution in [2.24, 2.45) is 4.99 Å². The molecule has 146 valence electrons. The molecule has 0 fully saturated rings. The van der Waals surface area contributed by atoms with E-state index in [1.807, 2.05) is 0 Å². The Kier molecular flexibility index (Phi) is 4.42. The number of aromatic nitrogens is 3.